The summed E-state index contributed by atoms with van der Waals surface area (Å²) in [4.78, 5) is 0.0934. The van der Waals surface area contributed by atoms with Crippen LogP contribution in [0, 0.1) is 0 Å². The zero-order chi connectivity index (χ0) is 10.8. The number of halogens is 3. The Hall–Kier alpha value is -0.880. The van der Waals surface area contributed by atoms with Gasteiger partial charge < -0.3 is 4.55 Å². The van der Waals surface area contributed by atoms with Crippen LogP contribution < -0.4 is 0 Å². The Morgan fingerprint density at radius 2 is 1.71 bits per heavy atom. The highest BCUT2D eigenvalue weighted by Gasteiger charge is 2.27. The van der Waals surface area contributed by atoms with Crippen LogP contribution in [0.1, 0.15) is 5.56 Å². The lowest BCUT2D eigenvalue weighted by Crippen LogP contribution is -2.11. The van der Waals surface area contributed by atoms with E-state index >= 15 is 0 Å². The maximum atomic E-state index is 11.9. The number of hydrogen-bond donors (Lipinski definition) is 1. The third-order valence-corrected chi connectivity index (χ3v) is 2.20. The second kappa shape index (κ2) is 4.10. The molecule has 0 aliphatic carbocycles. The first-order valence-corrected chi connectivity index (χ1v) is 4.76. The van der Waals surface area contributed by atoms with Crippen molar-refractivity contribution in [3.05, 3.63) is 29.8 Å². The van der Waals surface area contributed by atoms with Crippen molar-refractivity contribution in [2.75, 3.05) is 0 Å². The van der Waals surface area contributed by atoms with Gasteiger partial charge in [0, 0.05) is 0 Å². The molecule has 0 bridgehead atoms. The molecule has 0 heterocycles. The average molecular weight is 224 g/mol. The zero-order valence-electron chi connectivity index (χ0n) is 6.91. The third kappa shape index (κ3) is 3.47. The van der Waals surface area contributed by atoms with Gasteiger partial charge in [0.1, 0.15) is 0 Å². The standard InChI is InChI=1S/C8H7F3O2S/c9-8(10,11)5-6-1-3-7(4-2-6)14(12)13/h1-4H,5H2,(H,12,13). The topological polar surface area (TPSA) is 37.3 Å². The lowest BCUT2D eigenvalue weighted by Gasteiger charge is -2.05. The quantitative estimate of drug-likeness (QED) is 0.783. The van der Waals surface area contributed by atoms with Gasteiger partial charge in [-0.2, -0.15) is 13.2 Å². The van der Waals surface area contributed by atoms with Crippen LogP contribution in [-0.4, -0.2) is 14.9 Å². The average Bonchev–Trinajstić information content (AvgIpc) is 2.02. The minimum absolute atomic E-state index is 0.0756. The molecule has 2 nitrogen and oxygen atoms in total. The molecule has 1 atom stereocenters. The fourth-order valence-electron chi connectivity index (χ4n) is 0.955. The summed E-state index contributed by atoms with van der Waals surface area (Å²) in [6, 6.07) is 4.79. The van der Waals surface area contributed by atoms with Crippen LogP contribution in [0.3, 0.4) is 0 Å². The summed E-state index contributed by atoms with van der Waals surface area (Å²) in [7, 11) is 0. The van der Waals surface area contributed by atoms with Crippen molar-refractivity contribution in [1.82, 2.24) is 0 Å². The summed E-state index contributed by atoms with van der Waals surface area (Å²) < 4.78 is 54.8. The van der Waals surface area contributed by atoms with Crippen LogP contribution in [0.5, 0.6) is 0 Å². The molecule has 0 aliphatic rings. The molecule has 1 unspecified atom stereocenters. The van der Waals surface area contributed by atoms with Crippen molar-refractivity contribution in [3.8, 4) is 0 Å². The normalized spacial score (nSPS) is 14.0. The molecule has 6 heteroatoms. The molecule has 0 aromatic heterocycles. The van der Waals surface area contributed by atoms with E-state index in [-0.39, 0.29) is 10.5 Å². The van der Waals surface area contributed by atoms with Crippen molar-refractivity contribution in [2.45, 2.75) is 17.5 Å². The number of hydrogen-bond acceptors (Lipinski definition) is 1. The SMILES string of the molecule is O=S(O)c1ccc(CC(F)(F)F)cc1. The van der Waals surface area contributed by atoms with E-state index in [1.807, 2.05) is 0 Å². The minimum Gasteiger partial charge on any atom is -0.302 e. The van der Waals surface area contributed by atoms with Gasteiger partial charge in [-0.25, -0.2) is 4.21 Å². The van der Waals surface area contributed by atoms with Gasteiger partial charge in [-0.1, -0.05) is 12.1 Å². The first-order valence-electron chi connectivity index (χ1n) is 3.65. The smallest absolute Gasteiger partial charge is 0.302 e. The van der Waals surface area contributed by atoms with E-state index in [4.69, 9.17) is 4.55 Å². The van der Waals surface area contributed by atoms with Crippen LogP contribution in [0.2, 0.25) is 0 Å². The molecular weight excluding hydrogens is 217 g/mol. The molecule has 0 saturated carbocycles. The molecule has 1 aromatic carbocycles. The highest BCUT2D eigenvalue weighted by atomic mass is 32.2. The van der Waals surface area contributed by atoms with Crippen molar-refractivity contribution in [1.29, 1.82) is 0 Å². The number of alkyl halides is 3. The lowest BCUT2D eigenvalue weighted by molar-refractivity contribution is -0.127. The van der Waals surface area contributed by atoms with Crippen molar-refractivity contribution in [2.24, 2.45) is 0 Å². The number of rotatable bonds is 2. The van der Waals surface area contributed by atoms with Crippen molar-refractivity contribution < 1.29 is 21.9 Å². The monoisotopic (exact) mass is 224 g/mol. The van der Waals surface area contributed by atoms with Gasteiger partial charge in [0.25, 0.3) is 0 Å². The van der Waals surface area contributed by atoms with E-state index in [1.54, 1.807) is 0 Å². The van der Waals surface area contributed by atoms with E-state index in [9.17, 15) is 17.4 Å². The Kier molecular flexibility index (Phi) is 3.28. The van der Waals surface area contributed by atoms with Crippen LogP contribution >= 0.6 is 0 Å². The molecule has 1 rings (SSSR count). The summed E-state index contributed by atoms with van der Waals surface area (Å²) in [5.74, 6) is 0. The summed E-state index contributed by atoms with van der Waals surface area (Å²) in [5, 5.41) is 0. The van der Waals surface area contributed by atoms with Crippen LogP contribution in [-0.2, 0) is 17.5 Å². The Balaban J connectivity index is 2.79. The molecule has 0 radical (unpaired) electrons. The molecule has 0 spiro atoms. The highest BCUT2D eigenvalue weighted by molar-refractivity contribution is 7.79. The molecular formula is C8H7F3O2S. The third-order valence-electron chi connectivity index (χ3n) is 1.53. The van der Waals surface area contributed by atoms with Gasteiger partial charge in [0.15, 0.2) is 11.1 Å². The van der Waals surface area contributed by atoms with Gasteiger partial charge in [-0.3, -0.25) is 0 Å². The van der Waals surface area contributed by atoms with Gasteiger partial charge in [0.05, 0.1) is 11.3 Å². The Morgan fingerprint density at radius 1 is 1.21 bits per heavy atom. The lowest BCUT2D eigenvalue weighted by atomic mass is 10.1. The molecule has 1 N–H and O–H groups in total. The number of benzene rings is 1. The maximum Gasteiger partial charge on any atom is 0.393 e. The van der Waals surface area contributed by atoms with Gasteiger partial charge in [0.2, 0.25) is 0 Å². The summed E-state index contributed by atoms with van der Waals surface area (Å²) in [6.07, 6.45) is -5.27. The molecule has 0 saturated heterocycles. The zero-order valence-corrected chi connectivity index (χ0v) is 7.73. The van der Waals surface area contributed by atoms with Crippen LogP contribution in [0.15, 0.2) is 29.2 Å². The first-order chi connectivity index (χ1) is 6.38. The summed E-state index contributed by atoms with van der Waals surface area (Å²) >= 11 is -2.14. The molecule has 0 amide bonds. The second-order valence-electron chi connectivity index (χ2n) is 2.69. The van der Waals surface area contributed by atoms with E-state index in [0.29, 0.717) is 0 Å². The molecule has 14 heavy (non-hydrogen) atoms. The van der Waals surface area contributed by atoms with Crippen molar-refractivity contribution in [3.63, 3.8) is 0 Å². The van der Waals surface area contributed by atoms with E-state index < -0.39 is 23.7 Å². The molecule has 0 fully saturated rings. The summed E-state index contributed by atoms with van der Waals surface area (Å²) in [6.45, 7) is 0. The molecule has 1 aromatic rings. The fourth-order valence-corrected chi connectivity index (χ4v) is 1.32. The Bertz CT molecular complexity index is 331. The second-order valence-corrected chi connectivity index (χ2v) is 3.65. The van der Waals surface area contributed by atoms with Gasteiger partial charge >= 0.3 is 6.18 Å². The Labute approximate surface area is 81.0 Å². The molecule has 0 aliphatic heterocycles. The highest BCUT2D eigenvalue weighted by Crippen LogP contribution is 2.21. The van der Waals surface area contributed by atoms with E-state index in [0.717, 1.165) is 0 Å². The minimum atomic E-state index is -4.25. The first kappa shape index (κ1) is 11.2. The Morgan fingerprint density at radius 3 is 2.07 bits per heavy atom. The largest absolute Gasteiger partial charge is 0.393 e. The van der Waals surface area contributed by atoms with Gasteiger partial charge in [-0.05, 0) is 17.7 Å². The van der Waals surface area contributed by atoms with E-state index in [1.165, 1.54) is 24.3 Å². The van der Waals surface area contributed by atoms with Gasteiger partial charge in [-0.15, -0.1) is 0 Å². The van der Waals surface area contributed by atoms with E-state index in [2.05, 4.69) is 0 Å². The van der Waals surface area contributed by atoms with Crippen LogP contribution in [0.4, 0.5) is 13.2 Å². The molecule has 78 valence electrons. The fraction of sp³-hybridized carbons (Fsp3) is 0.250. The predicted molar refractivity (Wildman–Crippen MR) is 45.2 cm³/mol. The summed E-state index contributed by atoms with van der Waals surface area (Å²) in [5.41, 5.74) is 0.0756. The maximum absolute atomic E-state index is 11.9. The van der Waals surface area contributed by atoms with Crippen molar-refractivity contribution >= 4 is 11.1 Å². The van der Waals surface area contributed by atoms with Crippen LogP contribution in [0.25, 0.3) is 0 Å². The predicted octanol–water partition coefficient (Wildman–Crippen LogP) is 2.37.